The lowest BCUT2D eigenvalue weighted by atomic mass is 10.1. The van der Waals surface area contributed by atoms with Gasteiger partial charge in [-0.15, -0.1) is 11.3 Å². The summed E-state index contributed by atoms with van der Waals surface area (Å²) in [5.41, 5.74) is 7.68. The lowest BCUT2D eigenvalue weighted by Crippen LogP contribution is -2.05. The van der Waals surface area contributed by atoms with Crippen molar-refractivity contribution in [3.63, 3.8) is 0 Å². The van der Waals surface area contributed by atoms with Crippen LogP contribution in [0.4, 0.5) is 5.69 Å². The van der Waals surface area contributed by atoms with Crippen molar-refractivity contribution in [3.8, 4) is 16.5 Å². The molecule has 0 saturated carbocycles. The Hall–Kier alpha value is -2.34. The molecule has 1 unspecified atom stereocenters. The first-order valence-corrected chi connectivity index (χ1v) is 7.11. The standard InChI is InChI=1S/C14H11N3O2S/c15-9-5-6-20-12(9)14-16-13(17-19-14)11-7-8-3-1-2-4-10(8)18-11/h1-6,11H,7,15H2. The number of fused-ring (bicyclic) bond motifs is 1. The normalized spacial score (nSPS) is 16.9. The lowest BCUT2D eigenvalue weighted by molar-refractivity contribution is 0.221. The number of nitrogens with two attached hydrogens (primary N) is 1. The van der Waals surface area contributed by atoms with Gasteiger partial charge in [0, 0.05) is 6.42 Å². The van der Waals surface area contributed by atoms with Gasteiger partial charge in [-0.3, -0.25) is 0 Å². The molecular formula is C14H11N3O2S. The van der Waals surface area contributed by atoms with E-state index in [0.717, 1.165) is 17.0 Å². The second-order valence-corrected chi connectivity index (χ2v) is 5.50. The summed E-state index contributed by atoms with van der Waals surface area (Å²) in [5, 5.41) is 5.92. The zero-order valence-electron chi connectivity index (χ0n) is 10.4. The highest BCUT2D eigenvalue weighted by Gasteiger charge is 2.28. The van der Waals surface area contributed by atoms with Gasteiger partial charge in [-0.05, 0) is 23.1 Å². The zero-order valence-corrected chi connectivity index (χ0v) is 11.3. The average molecular weight is 285 g/mol. The molecule has 0 aliphatic carbocycles. The van der Waals surface area contributed by atoms with Crippen LogP contribution in [-0.4, -0.2) is 10.1 Å². The summed E-state index contributed by atoms with van der Waals surface area (Å²) in [6.07, 6.45) is 0.570. The van der Waals surface area contributed by atoms with Crippen molar-refractivity contribution in [1.82, 2.24) is 10.1 Å². The second-order valence-electron chi connectivity index (χ2n) is 4.58. The molecule has 1 aliphatic heterocycles. The first-order valence-electron chi connectivity index (χ1n) is 6.23. The first-order chi connectivity index (χ1) is 9.81. The van der Waals surface area contributed by atoms with Crippen LogP contribution in [0.15, 0.2) is 40.2 Å². The molecule has 1 aromatic carbocycles. The number of nitrogens with zero attached hydrogens (tertiary/aromatic N) is 2. The van der Waals surface area contributed by atoms with Gasteiger partial charge in [0.1, 0.15) is 10.6 Å². The van der Waals surface area contributed by atoms with E-state index < -0.39 is 0 Å². The van der Waals surface area contributed by atoms with Crippen LogP contribution < -0.4 is 10.5 Å². The smallest absolute Gasteiger partial charge is 0.270 e. The number of nitrogen functional groups attached to an aromatic ring is 1. The van der Waals surface area contributed by atoms with E-state index in [2.05, 4.69) is 10.1 Å². The molecule has 100 valence electrons. The number of hydrogen-bond donors (Lipinski definition) is 1. The molecule has 4 rings (SSSR count). The Bertz CT molecular complexity index is 740. The molecule has 0 spiro atoms. The summed E-state index contributed by atoms with van der Waals surface area (Å²) < 4.78 is 11.1. The number of thiophene rings is 1. The molecule has 3 heterocycles. The van der Waals surface area contributed by atoms with Crippen molar-refractivity contribution < 1.29 is 9.26 Å². The fourth-order valence-electron chi connectivity index (χ4n) is 2.28. The van der Waals surface area contributed by atoms with Crippen molar-refractivity contribution in [2.75, 3.05) is 5.73 Å². The van der Waals surface area contributed by atoms with Crippen LogP contribution in [0.5, 0.6) is 5.75 Å². The van der Waals surface area contributed by atoms with Gasteiger partial charge in [0.25, 0.3) is 5.89 Å². The van der Waals surface area contributed by atoms with Gasteiger partial charge in [-0.2, -0.15) is 4.98 Å². The quantitative estimate of drug-likeness (QED) is 0.783. The summed E-state index contributed by atoms with van der Waals surface area (Å²) in [7, 11) is 0. The van der Waals surface area contributed by atoms with E-state index in [1.54, 1.807) is 0 Å². The number of para-hydroxylation sites is 1. The number of hydrogen-bond acceptors (Lipinski definition) is 6. The van der Waals surface area contributed by atoms with Crippen LogP contribution in [0.25, 0.3) is 10.8 Å². The monoisotopic (exact) mass is 285 g/mol. The third kappa shape index (κ3) is 1.77. The van der Waals surface area contributed by atoms with Crippen LogP contribution >= 0.6 is 11.3 Å². The van der Waals surface area contributed by atoms with E-state index in [1.807, 2.05) is 35.7 Å². The lowest BCUT2D eigenvalue weighted by Gasteiger charge is -2.04. The Morgan fingerprint density at radius 2 is 2.15 bits per heavy atom. The molecule has 1 atom stereocenters. The third-order valence-electron chi connectivity index (χ3n) is 3.27. The molecule has 1 aliphatic rings. The van der Waals surface area contributed by atoms with Crippen LogP contribution in [0.2, 0.25) is 0 Å². The number of anilines is 1. The molecule has 5 nitrogen and oxygen atoms in total. The SMILES string of the molecule is Nc1ccsc1-c1nc(C2Cc3ccccc3O2)no1. The maximum Gasteiger partial charge on any atom is 0.270 e. The second kappa shape index (κ2) is 4.35. The highest BCUT2D eigenvalue weighted by Crippen LogP contribution is 2.37. The summed E-state index contributed by atoms with van der Waals surface area (Å²) in [4.78, 5) is 5.21. The fourth-order valence-corrected chi connectivity index (χ4v) is 3.02. The van der Waals surface area contributed by atoms with Crippen LogP contribution in [0.3, 0.4) is 0 Å². The molecule has 6 heteroatoms. The third-order valence-corrected chi connectivity index (χ3v) is 4.18. The van der Waals surface area contributed by atoms with E-state index in [0.29, 0.717) is 17.4 Å². The summed E-state index contributed by atoms with van der Waals surface area (Å²) in [5.74, 6) is 1.90. The first kappa shape index (κ1) is 11.5. The Balaban J connectivity index is 1.63. The van der Waals surface area contributed by atoms with E-state index in [4.69, 9.17) is 15.0 Å². The van der Waals surface area contributed by atoms with E-state index in [1.165, 1.54) is 16.9 Å². The molecule has 0 radical (unpaired) electrons. The predicted molar refractivity (Wildman–Crippen MR) is 75.5 cm³/mol. The highest BCUT2D eigenvalue weighted by atomic mass is 32.1. The molecule has 0 saturated heterocycles. The van der Waals surface area contributed by atoms with E-state index >= 15 is 0 Å². The Kier molecular flexibility index (Phi) is 2.50. The maximum atomic E-state index is 5.86. The molecule has 0 bridgehead atoms. The minimum atomic E-state index is -0.189. The van der Waals surface area contributed by atoms with Crippen molar-refractivity contribution in [3.05, 3.63) is 47.1 Å². The van der Waals surface area contributed by atoms with Crippen LogP contribution in [0, 0.1) is 0 Å². The van der Waals surface area contributed by atoms with Crippen molar-refractivity contribution in [1.29, 1.82) is 0 Å². The molecule has 2 N–H and O–H groups in total. The van der Waals surface area contributed by atoms with Gasteiger partial charge < -0.3 is 15.0 Å². The topological polar surface area (TPSA) is 74.2 Å². The molecule has 2 aromatic heterocycles. The van der Waals surface area contributed by atoms with Gasteiger partial charge in [0.15, 0.2) is 6.10 Å². The largest absolute Gasteiger partial charge is 0.482 e. The molecule has 20 heavy (non-hydrogen) atoms. The predicted octanol–water partition coefficient (Wildman–Crippen LogP) is 3.06. The highest BCUT2D eigenvalue weighted by molar-refractivity contribution is 7.14. The minimum absolute atomic E-state index is 0.189. The Labute approximate surface area is 119 Å². The van der Waals surface area contributed by atoms with Crippen LogP contribution in [0.1, 0.15) is 17.5 Å². The number of rotatable bonds is 2. The van der Waals surface area contributed by atoms with Crippen LogP contribution in [-0.2, 0) is 6.42 Å². The van der Waals surface area contributed by atoms with E-state index in [-0.39, 0.29) is 6.10 Å². The Morgan fingerprint density at radius 3 is 2.95 bits per heavy atom. The van der Waals surface area contributed by atoms with Crippen molar-refractivity contribution in [2.45, 2.75) is 12.5 Å². The van der Waals surface area contributed by atoms with Gasteiger partial charge in [0.2, 0.25) is 5.82 Å². The summed E-state index contributed by atoms with van der Waals surface area (Å²) >= 11 is 1.48. The van der Waals surface area contributed by atoms with Gasteiger partial charge in [0.05, 0.1) is 5.69 Å². The number of ether oxygens (including phenoxy) is 1. The van der Waals surface area contributed by atoms with Gasteiger partial charge in [-0.1, -0.05) is 23.4 Å². The summed E-state index contributed by atoms with van der Waals surface area (Å²) in [6.45, 7) is 0. The van der Waals surface area contributed by atoms with Gasteiger partial charge in [-0.25, -0.2) is 0 Å². The average Bonchev–Trinajstić information content (AvgIpc) is 3.15. The van der Waals surface area contributed by atoms with E-state index in [9.17, 15) is 0 Å². The molecule has 0 fully saturated rings. The molecular weight excluding hydrogens is 274 g/mol. The molecule has 3 aromatic rings. The minimum Gasteiger partial charge on any atom is -0.482 e. The molecule has 0 amide bonds. The van der Waals surface area contributed by atoms with Crippen molar-refractivity contribution >= 4 is 17.0 Å². The fraction of sp³-hybridized carbons (Fsp3) is 0.143. The number of benzene rings is 1. The number of aromatic nitrogens is 2. The Morgan fingerprint density at radius 1 is 1.25 bits per heavy atom. The maximum absolute atomic E-state index is 5.86. The van der Waals surface area contributed by atoms with Crippen molar-refractivity contribution in [2.24, 2.45) is 0 Å². The van der Waals surface area contributed by atoms with Gasteiger partial charge >= 0.3 is 0 Å². The zero-order chi connectivity index (χ0) is 13.5. The summed E-state index contributed by atoms with van der Waals surface area (Å²) in [6, 6.07) is 9.78.